The van der Waals surface area contributed by atoms with Gasteiger partial charge in [0.05, 0.1) is 68.7 Å². The van der Waals surface area contributed by atoms with E-state index < -0.39 is 86.0 Å². The molecule has 0 saturated heterocycles. The largest absolute Gasteiger partial charge is 0.495 e. The van der Waals surface area contributed by atoms with Gasteiger partial charge in [0, 0.05) is 0 Å². The van der Waals surface area contributed by atoms with Gasteiger partial charge in [0.25, 0.3) is 0 Å². The van der Waals surface area contributed by atoms with Crippen LogP contribution in [-0.2, 0) is 50.9 Å². The highest BCUT2D eigenvalue weighted by atomic mass is 31.2. The molecule has 0 spiro atoms. The van der Waals surface area contributed by atoms with E-state index in [1.54, 1.807) is 42.3 Å². The number of halogens is 10. The number of ether oxygens (including phenoxy) is 5. The summed E-state index contributed by atoms with van der Waals surface area (Å²) in [7, 11) is 0.954. The molecule has 2 atom stereocenters. The number of hydrogen-bond donors (Lipinski definition) is 2. The van der Waals surface area contributed by atoms with E-state index in [1.807, 2.05) is 0 Å². The van der Waals surface area contributed by atoms with Crippen molar-refractivity contribution in [2.75, 3.05) is 108 Å². The second-order valence-electron chi connectivity index (χ2n) is 11.5. The summed E-state index contributed by atoms with van der Waals surface area (Å²) >= 11 is 0. The lowest BCUT2D eigenvalue weighted by Gasteiger charge is -2.31. The lowest BCUT2D eigenvalue weighted by Crippen LogP contribution is -2.54. The fraction of sp³-hybridized carbons (Fsp3) is 1.00. The number of quaternary nitrogens is 2. The highest BCUT2D eigenvalue weighted by molar-refractivity contribution is 7.47. The predicted molar refractivity (Wildman–Crippen MR) is 139 cm³/mol. The molecule has 0 amide bonds. The minimum Gasteiger partial charge on any atom is -0.370 e. The molecule has 0 aromatic heterocycles. The molecule has 2 N–H and O–H groups in total. The van der Waals surface area contributed by atoms with Gasteiger partial charge in [-0.1, -0.05) is 0 Å². The van der Waals surface area contributed by atoms with Crippen molar-refractivity contribution in [3.8, 4) is 0 Å². The van der Waals surface area contributed by atoms with E-state index >= 15 is 0 Å². The van der Waals surface area contributed by atoms with Gasteiger partial charge in [0.1, 0.15) is 39.5 Å². The normalized spacial score (nSPS) is 17.0. The van der Waals surface area contributed by atoms with Gasteiger partial charge in [-0.15, -0.1) is 8.78 Å². The van der Waals surface area contributed by atoms with Gasteiger partial charge in [0.15, 0.2) is 0 Å². The summed E-state index contributed by atoms with van der Waals surface area (Å²) in [4.78, 5) is 18.9. The van der Waals surface area contributed by atoms with Crippen LogP contribution in [-0.4, -0.2) is 158 Å². The number of hydrogen-bond acceptors (Lipinski definition) is 11. The zero-order chi connectivity index (χ0) is 37.9. The van der Waals surface area contributed by atoms with Gasteiger partial charge in [0.2, 0.25) is 0 Å². The Labute approximate surface area is 268 Å². The first-order valence-electron chi connectivity index (χ1n) is 13.2. The molecule has 0 rings (SSSR count). The summed E-state index contributed by atoms with van der Waals surface area (Å²) in [5.74, 6) is 0. The zero-order valence-corrected chi connectivity index (χ0v) is 28.3. The van der Waals surface area contributed by atoms with Gasteiger partial charge in [-0.05, 0) is 0 Å². The molecule has 0 radical (unpaired) electrons. The summed E-state index contributed by atoms with van der Waals surface area (Å²) < 4.78 is 194. The van der Waals surface area contributed by atoms with Crippen LogP contribution < -0.4 is 0 Å². The Kier molecular flexibility index (Phi) is 17.8. The summed E-state index contributed by atoms with van der Waals surface area (Å²) in [5.41, 5.74) is 0. The van der Waals surface area contributed by atoms with E-state index in [4.69, 9.17) is 0 Å². The van der Waals surface area contributed by atoms with Crippen LogP contribution in [0.2, 0.25) is 0 Å². The Bertz CT molecular complexity index is 1070. The maximum atomic E-state index is 13.7. The highest BCUT2D eigenvalue weighted by Gasteiger charge is 2.68. The topological polar surface area (TPSA) is 158 Å². The highest BCUT2D eigenvalue weighted by Crippen LogP contribution is 2.45. The number of phosphoric ester groups is 2. The second-order valence-corrected chi connectivity index (χ2v) is 14.4. The summed E-state index contributed by atoms with van der Waals surface area (Å²) in [6.07, 6.45) is -30.3. The second kappa shape index (κ2) is 18.1. The molecule has 15 nitrogen and oxygen atoms in total. The van der Waals surface area contributed by atoms with Crippen LogP contribution >= 0.6 is 15.6 Å². The van der Waals surface area contributed by atoms with Crippen LogP contribution in [0.4, 0.5) is 43.9 Å². The molecule has 0 saturated carbocycles. The standard InChI is InChI=1S/C21H38F10N2O13P2/c1-32(2,3)7-9-40-47(34,35)42-13-11-38-15-17(22,23)44-19(26,27)20(28,29)46-21(30,31)45-18(24,25)16-39-12-14-43-48(36,37)41-10-8-33(4,5)6/h7-16H2,1-6H3/p+2. The Morgan fingerprint density at radius 3 is 1.17 bits per heavy atom. The summed E-state index contributed by atoms with van der Waals surface area (Å²) in [6, 6.07) is 0. The van der Waals surface area contributed by atoms with Gasteiger partial charge >= 0.3 is 46.4 Å². The molecule has 27 heteroatoms. The molecule has 0 bridgehead atoms. The molecular formula is C21H40F10N2O13P2+2. The van der Waals surface area contributed by atoms with Crippen molar-refractivity contribution in [3.05, 3.63) is 0 Å². The quantitative estimate of drug-likeness (QED) is 0.0410. The molecule has 0 fully saturated rings. The number of likely N-dealkylation sites (N-methyl/N-ethyl adjacent to an activating group) is 2. The monoisotopic (exact) mass is 780 g/mol. The molecule has 0 aliphatic carbocycles. The molecule has 0 aromatic carbocycles. The van der Waals surface area contributed by atoms with Crippen molar-refractivity contribution in [3.63, 3.8) is 0 Å². The van der Waals surface area contributed by atoms with Crippen molar-refractivity contribution >= 4 is 15.6 Å². The zero-order valence-electron chi connectivity index (χ0n) is 26.5. The van der Waals surface area contributed by atoms with Crippen LogP contribution in [0.3, 0.4) is 0 Å². The number of nitrogens with zero attached hydrogens (tertiary/aromatic N) is 2. The lowest BCUT2D eigenvalue weighted by molar-refractivity contribution is -0.870. The van der Waals surface area contributed by atoms with Crippen molar-refractivity contribution in [1.29, 1.82) is 0 Å². The fourth-order valence-electron chi connectivity index (χ4n) is 2.45. The van der Waals surface area contributed by atoms with Gasteiger partial charge in [-0.25, -0.2) is 23.3 Å². The van der Waals surface area contributed by atoms with E-state index in [-0.39, 0.29) is 26.3 Å². The Morgan fingerprint density at radius 1 is 0.500 bits per heavy atom. The molecule has 0 aliphatic heterocycles. The van der Waals surface area contributed by atoms with Gasteiger partial charge in [-0.2, -0.15) is 35.1 Å². The summed E-state index contributed by atoms with van der Waals surface area (Å²) in [6.45, 7) is -8.44. The van der Waals surface area contributed by atoms with Crippen LogP contribution in [0.15, 0.2) is 0 Å². The molecule has 0 heterocycles. The van der Waals surface area contributed by atoms with E-state index in [0.717, 1.165) is 0 Å². The Balaban J connectivity index is 4.79. The predicted octanol–water partition coefficient (Wildman–Crippen LogP) is 3.67. The number of alkyl halides is 10. The summed E-state index contributed by atoms with van der Waals surface area (Å²) in [5, 5.41) is 0. The first kappa shape index (κ1) is 47.2. The van der Waals surface area contributed by atoms with Crippen LogP contribution in [0.5, 0.6) is 0 Å². The molecule has 48 heavy (non-hydrogen) atoms. The third-order valence-corrected chi connectivity index (χ3v) is 6.70. The first-order chi connectivity index (χ1) is 21.2. The third kappa shape index (κ3) is 22.9. The molecular weight excluding hydrogens is 740 g/mol. The van der Waals surface area contributed by atoms with Crippen LogP contribution in [0.25, 0.3) is 0 Å². The van der Waals surface area contributed by atoms with Crippen molar-refractivity contribution in [2.45, 2.75) is 30.7 Å². The minimum atomic E-state index is -6.74. The fourth-order valence-corrected chi connectivity index (χ4v) is 3.83. The average molecular weight is 780 g/mol. The first-order valence-corrected chi connectivity index (χ1v) is 16.2. The number of phosphoric acid groups is 2. The van der Waals surface area contributed by atoms with Crippen molar-refractivity contribution < 1.29 is 114 Å². The maximum Gasteiger partial charge on any atom is 0.495 e. The maximum absolute atomic E-state index is 13.7. The Morgan fingerprint density at radius 2 is 0.812 bits per heavy atom. The molecule has 0 aromatic rings. The van der Waals surface area contributed by atoms with Crippen molar-refractivity contribution in [1.82, 2.24) is 0 Å². The van der Waals surface area contributed by atoms with E-state index in [2.05, 4.69) is 41.8 Å². The minimum absolute atomic E-state index is 0.244. The van der Waals surface area contributed by atoms with E-state index in [0.29, 0.717) is 8.97 Å². The van der Waals surface area contributed by atoms with E-state index in [9.17, 15) is 62.8 Å². The smallest absolute Gasteiger partial charge is 0.370 e. The molecule has 2 unspecified atom stereocenters. The van der Waals surface area contributed by atoms with E-state index in [1.165, 1.54) is 0 Å². The molecule has 0 aliphatic rings. The van der Waals surface area contributed by atoms with Crippen molar-refractivity contribution in [2.24, 2.45) is 0 Å². The van der Waals surface area contributed by atoms with Crippen LogP contribution in [0.1, 0.15) is 0 Å². The molecule has 290 valence electrons. The lowest BCUT2D eigenvalue weighted by atomic mass is 10.5. The van der Waals surface area contributed by atoms with Gasteiger partial charge in [-0.3, -0.25) is 18.1 Å². The Hall–Kier alpha value is -0.760. The number of rotatable bonds is 27. The van der Waals surface area contributed by atoms with Gasteiger partial charge < -0.3 is 28.2 Å². The van der Waals surface area contributed by atoms with Crippen LogP contribution in [0, 0.1) is 0 Å². The average Bonchev–Trinajstić information content (AvgIpc) is 2.79. The third-order valence-electron chi connectivity index (χ3n) is 4.67. The SMILES string of the molecule is C[N+](C)(C)CCOP(=O)(O)OCCOCC(F)(F)OC(F)(F)OC(F)(F)C(F)(F)OC(F)(F)COCCOP(=O)(O)OCC[N+](C)(C)C.